The van der Waals surface area contributed by atoms with Crippen LogP contribution in [0.5, 0.6) is 0 Å². The molecule has 2 unspecified atom stereocenters. The maximum Gasteiger partial charge on any atom is 0.326 e. The molecule has 0 aromatic heterocycles. The molecule has 0 amide bonds. The molecule has 1 heterocycles. The van der Waals surface area contributed by atoms with Gasteiger partial charge in [-0.3, -0.25) is 9.69 Å². The van der Waals surface area contributed by atoms with Gasteiger partial charge in [-0.2, -0.15) is 0 Å². The Labute approximate surface area is 117 Å². The summed E-state index contributed by atoms with van der Waals surface area (Å²) < 4.78 is 5.15. The average molecular weight is 271 g/mol. The maximum absolute atomic E-state index is 12.0. The molecule has 0 aromatic carbocycles. The van der Waals surface area contributed by atoms with Crippen molar-refractivity contribution in [2.75, 3.05) is 46.9 Å². The molecule has 0 aromatic rings. The van der Waals surface area contributed by atoms with E-state index in [0.717, 1.165) is 32.6 Å². The second-order valence-electron chi connectivity index (χ2n) is 5.70. The normalized spacial score (nSPS) is 25.0. The van der Waals surface area contributed by atoms with Crippen molar-refractivity contribution in [1.82, 2.24) is 15.1 Å². The number of esters is 1. The van der Waals surface area contributed by atoms with Crippen molar-refractivity contribution in [3.05, 3.63) is 0 Å². The fourth-order valence-electron chi connectivity index (χ4n) is 2.50. The molecule has 0 saturated carbocycles. The van der Waals surface area contributed by atoms with Crippen LogP contribution in [0.4, 0.5) is 0 Å². The smallest absolute Gasteiger partial charge is 0.326 e. The van der Waals surface area contributed by atoms with E-state index in [1.807, 2.05) is 20.9 Å². The summed E-state index contributed by atoms with van der Waals surface area (Å²) in [5.74, 6) is -0.153. The molecule has 1 N–H and O–H groups in total. The van der Waals surface area contributed by atoms with Gasteiger partial charge in [0.25, 0.3) is 0 Å². The van der Waals surface area contributed by atoms with Crippen LogP contribution in [-0.4, -0.2) is 74.2 Å². The highest BCUT2D eigenvalue weighted by molar-refractivity contribution is 5.80. The minimum absolute atomic E-state index is 0.153. The number of ether oxygens (including phenoxy) is 1. The Morgan fingerprint density at radius 1 is 1.47 bits per heavy atom. The van der Waals surface area contributed by atoms with Crippen molar-refractivity contribution >= 4 is 5.97 Å². The summed E-state index contributed by atoms with van der Waals surface area (Å²) in [5, 5.41) is 3.11. The minimum atomic E-state index is -0.584. The Bertz CT molecular complexity index is 298. The zero-order chi connectivity index (χ0) is 14.5. The van der Waals surface area contributed by atoms with Gasteiger partial charge in [0, 0.05) is 32.2 Å². The van der Waals surface area contributed by atoms with Crippen LogP contribution < -0.4 is 5.32 Å². The number of nitrogens with one attached hydrogen (secondary N) is 1. The lowest BCUT2D eigenvalue weighted by molar-refractivity contribution is -0.150. The van der Waals surface area contributed by atoms with E-state index in [0.29, 0.717) is 12.6 Å². The van der Waals surface area contributed by atoms with Crippen LogP contribution >= 0.6 is 0 Å². The molecule has 1 aliphatic rings. The van der Waals surface area contributed by atoms with Crippen LogP contribution in [0.25, 0.3) is 0 Å². The van der Waals surface area contributed by atoms with Gasteiger partial charge >= 0.3 is 5.97 Å². The van der Waals surface area contributed by atoms with Crippen molar-refractivity contribution in [2.45, 2.75) is 38.8 Å². The first-order valence-electron chi connectivity index (χ1n) is 7.21. The molecule has 1 fully saturated rings. The SMILES string of the molecule is CCOC(=O)C(C)(CCN1CCN(C)CC1C)NC. The third-order valence-electron chi connectivity index (χ3n) is 4.14. The number of carbonyl (C=O) groups excluding carboxylic acids is 1. The van der Waals surface area contributed by atoms with Gasteiger partial charge in [0.15, 0.2) is 0 Å². The van der Waals surface area contributed by atoms with E-state index in [1.54, 1.807) is 0 Å². The van der Waals surface area contributed by atoms with Crippen LogP contribution in [0.2, 0.25) is 0 Å². The highest BCUT2D eigenvalue weighted by Gasteiger charge is 2.34. The third kappa shape index (κ3) is 4.44. The molecule has 5 heteroatoms. The van der Waals surface area contributed by atoms with Crippen molar-refractivity contribution < 1.29 is 9.53 Å². The predicted molar refractivity (Wildman–Crippen MR) is 77.2 cm³/mol. The first-order chi connectivity index (χ1) is 8.92. The van der Waals surface area contributed by atoms with Gasteiger partial charge in [0.1, 0.15) is 5.54 Å². The van der Waals surface area contributed by atoms with Crippen LogP contribution in [0, 0.1) is 0 Å². The predicted octanol–water partition coefficient (Wildman–Crippen LogP) is 0.554. The average Bonchev–Trinajstić information content (AvgIpc) is 2.37. The highest BCUT2D eigenvalue weighted by Crippen LogP contribution is 2.15. The second-order valence-corrected chi connectivity index (χ2v) is 5.70. The molecule has 0 aliphatic carbocycles. The van der Waals surface area contributed by atoms with Crippen molar-refractivity contribution in [3.8, 4) is 0 Å². The van der Waals surface area contributed by atoms with E-state index in [9.17, 15) is 4.79 Å². The van der Waals surface area contributed by atoms with E-state index in [2.05, 4.69) is 29.1 Å². The van der Waals surface area contributed by atoms with Crippen molar-refractivity contribution in [2.24, 2.45) is 0 Å². The standard InChI is InChI=1S/C14H29N3O2/c1-6-19-13(18)14(3,15-4)7-8-17-10-9-16(5)11-12(17)2/h12,15H,6-11H2,1-5H3. The fraction of sp³-hybridized carbons (Fsp3) is 0.929. The van der Waals surface area contributed by atoms with Crippen LogP contribution in [0.3, 0.4) is 0 Å². The first-order valence-corrected chi connectivity index (χ1v) is 7.21. The molecular formula is C14H29N3O2. The van der Waals surface area contributed by atoms with Gasteiger partial charge in [0.05, 0.1) is 6.61 Å². The molecule has 19 heavy (non-hydrogen) atoms. The monoisotopic (exact) mass is 271 g/mol. The molecule has 1 rings (SSSR count). The molecular weight excluding hydrogens is 242 g/mol. The Balaban J connectivity index is 2.51. The molecule has 2 atom stereocenters. The summed E-state index contributed by atoms with van der Waals surface area (Å²) >= 11 is 0. The Hall–Kier alpha value is -0.650. The van der Waals surface area contributed by atoms with Gasteiger partial charge in [-0.1, -0.05) is 0 Å². The Morgan fingerprint density at radius 2 is 2.16 bits per heavy atom. The van der Waals surface area contributed by atoms with Crippen LogP contribution in [0.15, 0.2) is 0 Å². The summed E-state index contributed by atoms with van der Waals surface area (Å²) in [4.78, 5) is 16.8. The van der Waals surface area contributed by atoms with Gasteiger partial charge in [-0.25, -0.2) is 0 Å². The summed E-state index contributed by atoms with van der Waals surface area (Å²) in [6.45, 7) is 10.6. The lowest BCUT2D eigenvalue weighted by Crippen LogP contribution is -2.54. The first kappa shape index (κ1) is 16.4. The summed E-state index contributed by atoms with van der Waals surface area (Å²) in [5.41, 5.74) is -0.584. The quantitative estimate of drug-likeness (QED) is 0.715. The van der Waals surface area contributed by atoms with E-state index in [4.69, 9.17) is 4.74 Å². The number of likely N-dealkylation sites (N-methyl/N-ethyl adjacent to an activating group) is 2. The van der Waals surface area contributed by atoms with E-state index >= 15 is 0 Å². The molecule has 5 nitrogen and oxygen atoms in total. The Kier molecular flexibility index (Phi) is 6.23. The second kappa shape index (κ2) is 7.22. The molecule has 1 aliphatic heterocycles. The maximum atomic E-state index is 12.0. The number of piperazine rings is 1. The summed E-state index contributed by atoms with van der Waals surface area (Å²) in [6.07, 6.45) is 0.774. The number of nitrogens with zero attached hydrogens (tertiary/aromatic N) is 2. The fourth-order valence-corrected chi connectivity index (χ4v) is 2.50. The topological polar surface area (TPSA) is 44.8 Å². The van der Waals surface area contributed by atoms with Crippen molar-refractivity contribution in [3.63, 3.8) is 0 Å². The molecule has 0 bridgehead atoms. The van der Waals surface area contributed by atoms with Gasteiger partial charge in [0.2, 0.25) is 0 Å². The highest BCUT2D eigenvalue weighted by atomic mass is 16.5. The van der Waals surface area contributed by atoms with E-state index in [-0.39, 0.29) is 5.97 Å². The lowest BCUT2D eigenvalue weighted by Gasteiger charge is -2.39. The number of rotatable bonds is 6. The largest absolute Gasteiger partial charge is 0.465 e. The summed E-state index contributed by atoms with van der Waals surface area (Å²) in [6, 6.07) is 0.544. The number of hydrogen-bond acceptors (Lipinski definition) is 5. The minimum Gasteiger partial charge on any atom is -0.465 e. The number of hydrogen-bond donors (Lipinski definition) is 1. The Morgan fingerprint density at radius 3 is 2.68 bits per heavy atom. The third-order valence-corrected chi connectivity index (χ3v) is 4.14. The zero-order valence-electron chi connectivity index (χ0n) is 13.0. The van der Waals surface area contributed by atoms with Gasteiger partial charge in [-0.15, -0.1) is 0 Å². The van der Waals surface area contributed by atoms with Crippen LogP contribution in [-0.2, 0) is 9.53 Å². The van der Waals surface area contributed by atoms with Crippen molar-refractivity contribution in [1.29, 1.82) is 0 Å². The lowest BCUT2D eigenvalue weighted by atomic mass is 9.97. The molecule has 0 spiro atoms. The van der Waals surface area contributed by atoms with Gasteiger partial charge in [-0.05, 0) is 41.3 Å². The number of carbonyl (C=O) groups is 1. The van der Waals surface area contributed by atoms with E-state index in [1.165, 1.54) is 0 Å². The van der Waals surface area contributed by atoms with E-state index < -0.39 is 5.54 Å². The van der Waals surface area contributed by atoms with Gasteiger partial charge < -0.3 is 15.0 Å². The van der Waals surface area contributed by atoms with Crippen LogP contribution in [0.1, 0.15) is 27.2 Å². The molecule has 0 radical (unpaired) electrons. The molecule has 112 valence electrons. The molecule has 1 saturated heterocycles. The summed E-state index contributed by atoms with van der Waals surface area (Å²) in [7, 11) is 3.98. The zero-order valence-corrected chi connectivity index (χ0v) is 13.0.